The van der Waals surface area contributed by atoms with Gasteiger partial charge in [0.1, 0.15) is 0 Å². The molecule has 1 amide bonds. The number of halogens is 4. The van der Waals surface area contributed by atoms with Gasteiger partial charge < -0.3 is 11.1 Å². The fourth-order valence-corrected chi connectivity index (χ4v) is 2.15. The molecule has 0 saturated heterocycles. The molecule has 0 bridgehead atoms. The summed E-state index contributed by atoms with van der Waals surface area (Å²) in [4.78, 5) is 11.9. The lowest BCUT2D eigenvalue weighted by Gasteiger charge is -2.24. The second kappa shape index (κ2) is 9.13. The average Bonchev–Trinajstić information content (AvgIpc) is 2.41. The average molecular weight is 353 g/mol. The molecule has 0 saturated carbocycles. The molecule has 0 aliphatic rings. The van der Waals surface area contributed by atoms with Crippen LogP contribution in [0.25, 0.3) is 0 Å². The number of rotatable bonds is 6. The Morgan fingerprint density at radius 2 is 1.87 bits per heavy atom. The molecule has 3 N–H and O–H groups in total. The van der Waals surface area contributed by atoms with Crippen molar-refractivity contribution >= 4 is 18.3 Å². The van der Waals surface area contributed by atoms with E-state index in [-0.39, 0.29) is 36.7 Å². The molecule has 1 aromatic rings. The Labute approximate surface area is 141 Å². The lowest BCUT2D eigenvalue weighted by Crippen LogP contribution is -2.32. The van der Waals surface area contributed by atoms with Crippen LogP contribution >= 0.6 is 12.4 Å². The Morgan fingerprint density at radius 3 is 2.35 bits per heavy atom. The Morgan fingerprint density at radius 1 is 1.26 bits per heavy atom. The zero-order chi connectivity index (χ0) is 16.9. The molecule has 0 spiro atoms. The van der Waals surface area contributed by atoms with E-state index in [2.05, 4.69) is 5.32 Å². The van der Waals surface area contributed by atoms with Gasteiger partial charge in [-0.25, -0.2) is 0 Å². The van der Waals surface area contributed by atoms with E-state index in [9.17, 15) is 18.0 Å². The maximum Gasteiger partial charge on any atom is 0.416 e. The standard InChI is InChI=1S/C16H23F3N2O.ClH/c1-10(2)15(21-14(22)8-7-11(3)20)12-5-4-6-13(9-12)16(17,18)19;/h4-6,9-11,15H,7-8,20H2,1-3H3,(H,21,22);1H. The van der Waals surface area contributed by atoms with Crippen molar-refractivity contribution in [1.29, 1.82) is 0 Å². The summed E-state index contributed by atoms with van der Waals surface area (Å²) in [5, 5.41) is 2.80. The SMILES string of the molecule is CC(N)CCC(=O)NC(c1cccc(C(F)(F)F)c1)C(C)C.Cl. The summed E-state index contributed by atoms with van der Waals surface area (Å²) in [6.45, 7) is 5.52. The third-order valence-corrected chi connectivity index (χ3v) is 3.38. The first-order valence-corrected chi connectivity index (χ1v) is 7.33. The highest BCUT2D eigenvalue weighted by atomic mass is 35.5. The summed E-state index contributed by atoms with van der Waals surface area (Å²) in [7, 11) is 0. The smallest absolute Gasteiger partial charge is 0.349 e. The molecule has 1 aromatic carbocycles. The number of nitrogens with two attached hydrogens (primary N) is 1. The van der Waals surface area contributed by atoms with Gasteiger partial charge >= 0.3 is 6.18 Å². The van der Waals surface area contributed by atoms with E-state index in [0.717, 1.165) is 12.1 Å². The minimum atomic E-state index is -4.39. The third kappa shape index (κ3) is 7.22. The highest BCUT2D eigenvalue weighted by molar-refractivity contribution is 5.85. The number of carbonyl (C=O) groups excluding carboxylic acids is 1. The molecule has 0 heterocycles. The zero-order valence-electron chi connectivity index (χ0n) is 13.5. The molecule has 0 aliphatic heterocycles. The minimum absolute atomic E-state index is 0. The first-order chi connectivity index (χ1) is 10.1. The summed E-state index contributed by atoms with van der Waals surface area (Å²) in [5.41, 5.74) is 5.35. The lowest BCUT2D eigenvalue weighted by atomic mass is 9.94. The molecule has 1 rings (SSSR count). The molecule has 132 valence electrons. The predicted octanol–water partition coefficient (Wildman–Crippen LogP) is 4.07. The molecule has 23 heavy (non-hydrogen) atoms. The second-order valence-electron chi connectivity index (χ2n) is 5.93. The van der Waals surface area contributed by atoms with Crippen molar-refractivity contribution in [1.82, 2.24) is 5.32 Å². The number of alkyl halides is 3. The van der Waals surface area contributed by atoms with Gasteiger partial charge in [0.15, 0.2) is 0 Å². The van der Waals surface area contributed by atoms with Crippen molar-refractivity contribution < 1.29 is 18.0 Å². The molecule has 2 atom stereocenters. The van der Waals surface area contributed by atoms with Gasteiger partial charge in [0.2, 0.25) is 5.91 Å². The number of carbonyl (C=O) groups is 1. The molecule has 0 aliphatic carbocycles. The maximum atomic E-state index is 12.8. The van der Waals surface area contributed by atoms with Gasteiger partial charge in [0, 0.05) is 12.5 Å². The first-order valence-electron chi connectivity index (χ1n) is 7.33. The lowest BCUT2D eigenvalue weighted by molar-refractivity contribution is -0.137. The van der Waals surface area contributed by atoms with Gasteiger partial charge in [-0.3, -0.25) is 4.79 Å². The molecule has 7 heteroatoms. The van der Waals surface area contributed by atoms with Crippen LogP contribution in [0.3, 0.4) is 0 Å². The monoisotopic (exact) mass is 352 g/mol. The topological polar surface area (TPSA) is 55.1 Å². The van der Waals surface area contributed by atoms with Crippen LogP contribution in [0.15, 0.2) is 24.3 Å². The third-order valence-electron chi connectivity index (χ3n) is 3.38. The van der Waals surface area contributed by atoms with Crippen LogP contribution in [-0.2, 0) is 11.0 Å². The van der Waals surface area contributed by atoms with E-state index in [4.69, 9.17) is 5.73 Å². The van der Waals surface area contributed by atoms with E-state index in [1.165, 1.54) is 6.07 Å². The highest BCUT2D eigenvalue weighted by Crippen LogP contribution is 2.32. The van der Waals surface area contributed by atoms with Crippen LogP contribution in [0.5, 0.6) is 0 Å². The normalized spacial score (nSPS) is 14.1. The summed E-state index contributed by atoms with van der Waals surface area (Å²) in [5.74, 6) is -0.226. The van der Waals surface area contributed by atoms with Crippen molar-refractivity contribution in [2.24, 2.45) is 11.7 Å². The largest absolute Gasteiger partial charge is 0.416 e. The molecule has 3 nitrogen and oxygen atoms in total. The van der Waals surface area contributed by atoms with Crippen LogP contribution < -0.4 is 11.1 Å². The zero-order valence-corrected chi connectivity index (χ0v) is 14.3. The molecule has 2 unspecified atom stereocenters. The molecular formula is C16H24ClF3N2O. The van der Waals surface area contributed by atoms with Crippen LogP contribution in [0.1, 0.15) is 50.8 Å². The minimum Gasteiger partial charge on any atom is -0.349 e. The molecule has 0 radical (unpaired) electrons. The van der Waals surface area contributed by atoms with E-state index < -0.39 is 17.8 Å². The van der Waals surface area contributed by atoms with Crippen LogP contribution in [0.2, 0.25) is 0 Å². The summed E-state index contributed by atoms with van der Waals surface area (Å²) < 4.78 is 38.4. The number of benzene rings is 1. The van der Waals surface area contributed by atoms with Crippen molar-refractivity contribution in [2.75, 3.05) is 0 Å². The highest BCUT2D eigenvalue weighted by Gasteiger charge is 2.31. The Balaban J connectivity index is 0.00000484. The Kier molecular flexibility index (Phi) is 8.63. The van der Waals surface area contributed by atoms with E-state index in [1.54, 1.807) is 13.0 Å². The van der Waals surface area contributed by atoms with Gasteiger partial charge in [-0.1, -0.05) is 26.0 Å². The number of hydrogen-bond acceptors (Lipinski definition) is 2. The van der Waals surface area contributed by atoms with E-state index in [1.807, 2.05) is 13.8 Å². The van der Waals surface area contributed by atoms with Crippen LogP contribution in [-0.4, -0.2) is 11.9 Å². The van der Waals surface area contributed by atoms with Crippen molar-refractivity contribution in [2.45, 2.75) is 51.9 Å². The van der Waals surface area contributed by atoms with E-state index in [0.29, 0.717) is 12.0 Å². The predicted molar refractivity (Wildman–Crippen MR) is 87.3 cm³/mol. The number of hydrogen-bond donors (Lipinski definition) is 2. The number of amides is 1. The quantitative estimate of drug-likeness (QED) is 0.811. The number of nitrogens with one attached hydrogen (secondary N) is 1. The summed E-state index contributed by atoms with van der Waals surface area (Å²) in [6, 6.07) is 4.54. The van der Waals surface area contributed by atoms with Crippen LogP contribution in [0.4, 0.5) is 13.2 Å². The summed E-state index contributed by atoms with van der Waals surface area (Å²) >= 11 is 0. The van der Waals surface area contributed by atoms with Gasteiger partial charge in [0.05, 0.1) is 11.6 Å². The molecule has 0 aromatic heterocycles. The molecule has 0 fully saturated rings. The van der Waals surface area contributed by atoms with Crippen molar-refractivity contribution in [3.05, 3.63) is 35.4 Å². The van der Waals surface area contributed by atoms with Crippen LogP contribution in [0, 0.1) is 5.92 Å². The Hall–Kier alpha value is -1.27. The second-order valence-corrected chi connectivity index (χ2v) is 5.93. The van der Waals surface area contributed by atoms with Gasteiger partial charge in [-0.05, 0) is 37.0 Å². The van der Waals surface area contributed by atoms with Crippen molar-refractivity contribution in [3.8, 4) is 0 Å². The Bertz CT molecular complexity index is 504. The fraction of sp³-hybridized carbons (Fsp3) is 0.562. The van der Waals surface area contributed by atoms with Gasteiger partial charge in [0.25, 0.3) is 0 Å². The van der Waals surface area contributed by atoms with Gasteiger partial charge in [-0.15, -0.1) is 12.4 Å². The van der Waals surface area contributed by atoms with Crippen molar-refractivity contribution in [3.63, 3.8) is 0 Å². The molecular weight excluding hydrogens is 329 g/mol. The summed E-state index contributed by atoms with van der Waals surface area (Å²) in [6.07, 6.45) is -3.59. The van der Waals surface area contributed by atoms with Gasteiger partial charge in [-0.2, -0.15) is 13.2 Å². The fourth-order valence-electron chi connectivity index (χ4n) is 2.15. The maximum absolute atomic E-state index is 12.8. The first kappa shape index (κ1) is 21.7. The van der Waals surface area contributed by atoms with E-state index >= 15 is 0 Å².